The Hall–Kier alpha value is -2.88. The van der Waals surface area contributed by atoms with Crippen molar-refractivity contribution in [1.82, 2.24) is 0 Å². The first kappa shape index (κ1) is 16.0. The summed E-state index contributed by atoms with van der Waals surface area (Å²) >= 11 is 0. The molecule has 4 heteroatoms. The predicted octanol–water partition coefficient (Wildman–Crippen LogP) is 3.35. The van der Waals surface area contributed by atoms with Crippen molar-refractivity contribution in [1.29, 1.82) is 0 Å². The molecule has 0 aliphatic carbocycles. The molecule has 0 fully saturated rings. The normalized spacial score (nSPS) is 17.7. The van der Waals surface area contributed by atoms with Crippen molar-refractivity contribution >= 4 is 29.8 Å². The molecule has 0 N–H and O–H groups in total. The third-order valence-electron chi connectivity index (χ3n) is 4.17. The summed E-state index contributed by atoms with van der Waals surface area (Å²) in [7, 11) is 0. The summed E-state index contributed by atoms with van der Waals surface area (Å²) in [5.74, 6) is -0.211. The van der Waals surface area contributed by atoms with Gasteiger partial charge in [-0.25, -0.2) is 0 Å². The molecule has 2 aromatic carbocycles. The molecule has 0 saturated carbocycles. The van der Waals surface area contributed by atoms with Gasteiger partial charge in [0.05, 0.1) is 17.3 Å². The van der Waals surface area contributed by atoms with Gasteiger partial charge in [-0.15, -0.1) is 0 Å². The van der Waals surface area contributed by atoms with E-state index in [1.54, 1.807) is 9.80 Å². The Morgan fingerprint density at radius 3 is 2.42 bits per heavy atom. The highest BCUT2D eigenvalue weighted by Crippen LogP contribution is 2.33. The number of amides is 2. The zero-order chi connectivity index (χ0) is 16.9. The van der Waals surface area contributed by atoms with Crippen LogP contribution in [0.3, 0.4) is 0 Å². The van der Waals surface area contributed by atoms with E-state index in [-0.39, 0.29) is 11.8 Å². The van der Waals surface area contributed by atoms with E-state index in [1.165, 1.54) is 0 Å². The highest BCUT2D eigenvalue weighted by atomic mass is 16.2. The number of rotatable bonds is 4. The highest BCUT2D eigenvalue weighted by molar-refractivity contribution is 6.02. The first-order valence-electron chi connectivity index (χ1n) is 8.04. The van der Waals surface area contributed by atoms with E-state index in [4.69, 9.17) is 0 Å². The van der Waals surface area contributed by atoms with E-state index in [0.29, 0.717) is 13.1 Å². The van der Waals surface area contributed by atoms with Crippen molar-refractivity contribution in [2.24, 2.45) is 5.92 Å². The van der Waals surface area contributed by atoms with Gasteiger partial charge in [-0.05, 0) is 17.7 Å². The number of anilines is 2. The van der Waals surface area contributed by atoms with Crippen LogP contribution < -0.4 is 9.80 Å². The lowest BCUT2D eigenvalue weighted by molar-refractivity contribution is -0.121. The number of fused-ring (bicyclic) bond motifs is 1. The third-order valence-corrected chi connectivity index (χ3v) is 4.17. The lowest BCUT2D eigenvalue weighted by Gasteiger charge is -2.23. The van der Waals surface area contributed by atoms with Crippen LogP contribution in [-0.4, -0.2) is 25.4 Å². The second kappa shape index (κ2) is 7.13. The van der Waals surface area contributed by atoms with Crippen LogP contribution in [0, 0.1) is 5.92 Å². The molecule has 2 amide bonds. The van der Waals surface area contributed by atoms with Crippen molar-refractivity contribution in [2.75, 3.05) is 22.9 Å². The van der Waals surface area contributed by atoms with Gasteiger partial charge in [0.1, 0.15) is 0 Å². The molecule has 0 saturated heterocycles. The molecular formula is C20H20N2O2. The number of para-hydroxylation sites is 2. The average Bonchev–Trinajstić information content (AvgIpc) is 2.72. The summed E-state index contributed by atoms with van der Waals surface area (Å²) in [6.07, 6.45) is 4.78. The number of carbonyl (C=O) groups excluding carboxylic acids is 2. The average molecular weight is 320 g/mol. The van der Waals surface area contributed by atoms with E-state index >= 15 is 0 Å². The van der Waals surface area contributed by atoms with Crippen LogP contribution in [0.2, 0.25) is 0 Å². The largest absolute Gasteiger partial charge is 0.312 e. The molecule has 1 atom stereocenters. The quantitative estimate of drug-likeness (QED) is 0.811. The summed E-state index contributed by atoms with van der Waals surface area (Å²) in [5.41, 5.74) is 2.64. The molecule has 0 unspecified atom stereocenters. The predicted molar refractivity (Wildman–Crippen MR) is 96.8 cm³/mol. The van der Waals surface area contributed by atoms with Gasteiger partial charge in [-0.2, -0.15) is 0 Å². The zero-order valence-corrected chi connectivity index (χ0v) is 13.6. The van der Waals surface area contributed by atoms with Crippen LogP contribution in [0.1, 0.15) is 12.5 Å². The van der Waals surface area contributed by atoms with Gasteiger partial charge in [0.15, 0.2) is 0 Å². The molecule has 0 radical (unpaired) electrons. The molecule has 0 bridgehead atoms. The molecule has 3 rings (SSSR count). The van der Waals surface area contributed by atoms with Crippen LogP contribution in [0.15, 0.2) is 60.7 Å². The van der Waals surface area contributed by atoms with Crippen molar-refractivity contribution in [3.8, 4) is 0 Å². The minimum atomic E-state index is -0.243. The van der Waals surface area contributed by atoms with E-state index in [9.17, 15) is 9.59 Å². The molecule has 2 aromatic rings. The molecule has 24 heavy (non-hydrogen) atoms. The van der Waals surface area contributed by atoms with Crippen LogP contribution in [0.25, 0.3) is 6.08 Å². The summed E-state index contributed by atoms with van der Waals surface area (Å²) in [5, 5.41) is 0. The lowest BCUT2D eigenvalue weighted by atomic mass is 10.1. The van der Waals surface area contributed by atoms with Gasteiger partial charge in [0.25, 0.3) is 0 Å². The standard InChI is InChI=1S/C20H20N2O2/c1-16-14-21(15-23)18-11-5-6-12-19(18)22(20(16)24)13-7-10-17-8-3-2-4-9-17/h2-12,15-16H,13-14H2,1H3/b10-7+/t16-/m0/s1. The van der Waals surface area contributed by atoms with Crippen molar-refractivity contribution in [3.05, 3.63) is 66.2 Å². The van der Waals surface area contributed by atoms with Crippen LogP contribution >= 0.6 is 0 Å². The lowest BCUT2D eigenvalue weighted by Crippen LogP contribution is -2.36. The number of hydrogen-bond acceptors (Lipinski definition) is 2. The molecular weight excluding hydrogens is 300 g/mol. The zero-order valence-electron chi connectivity index (χ0n) is 13.6. The SMILES string of the molecule is C[C@H]1CN(C=O)c2ccccc2N(C/C=C/c2ccccc2)C1=O. The first-order valence-corrected chi connectivity index (χ1v) is 8.04. The maximum absolute atomic E-state index is 12.8. The van der Waals surface area contributed by atoms with E-state index in [2.05, 4.69) is 0 Å². The van der Waals surface area contributed by atoms with Crippen molar-refractivity contribution in [2.45, 2.75) is 6.92 Å². The molecule has 4 nitrogen and oxygen atoms in total. The molecule has 1 aliphatic heterocycles. The Labute approximate surface area is 142 Å². The minimum Gasteiger partial charge on any atom is -0.312 e. The fourth-order valence-corrected chi connectivity index (χ4v) is 2.94. The molecule has 0 spiro atoms. The Kier molecular flexibility index (Phi) is 4.75. The molecule has 122 valence electrons. The number of benzene rings is 2. The smallest absolute Gasteiger partial charge is 0.231 e. The Bertz CT molecular complexity index is 755. The first-order chi connectivity index (χ1) is 11.7. The van der Waals surface area contributed by atoms with Gasteiger partial charge in [0.2, 0.25) is 12.3 Å². The Balaban J connectivity index is 1.90. The highest BCUT2D eigenvalue weighted by Gasteiger charge is 2.30. The number of nitrogens with zero attached hydrogens (tertiary/aromatic N) is 2. The van der Waals surface area contributed by atoms with E-state index in [0.717, 1.165) is 23.3 Å². The Morgan fingerprint density at radius 2 is 1.71 bits per heavy atom. The van der Waals surface area contributed by atoms with Crippen LogP contribution in [0.5, 0.6) is 0 Å². The topological polar surface area (TPSA) is 40.6 Å². The van der Waals surface area contributed by atoms with Crippen LogP contribution in [0.4, 0.5) is 11.4 Å². The van der Waals surface area contributed by atoms with Gasteiger partial charge in [-0.3, -0.25) is 9.59 Å². The fourth-order valence-electron chi connectivity index (χ4n) is 2.94. The number of hydrogen-bond donors (Lipinski definition) is 0. The molecule has 1 aliphatic rings. The van der Waals surface area contributed by atoms with E-state index < -0.39 is 0 Å². The van der Waals surface area contributed by atoms with Gasteiger partial charge < -0.3 is 9.80 Å². The van der Waals surface area contributed by atoms with Crippen LogP contribution in [-0.2, 0) is 9.59 Å². The molecule has 1 heterocycles. The maximum Gasteiger partial charge on any atom is 0.231 e. The molecule has 0 aromatic heterocycles. The second-order valence-electron chi connectivity index (χ2n) is 5.91. The monoisotopic (exact) mass is 320 g/mol. The number of carbonyl (C=O) groups is 2. The van der Waals surface area contributed by atoms with Gasteiger partial charge >= 0.3 is 0 Å². The van der Waals surface area contributed by atoms with Crippen molar-refractivity contribution in [3.63, 3.8) is 0 Å². The Morgan fingerprint density at radius 1 is 1.04 bits per heavy atom. The third kappa shape index (κ3) is 3.23. The van der Waals surface area contributed by atoms with Gasteiger partial charge in [-0.1, -0.05) is 61.5 Å². The van der Waals surface area contributed by atoms with Crippen molar-refractivity contribution < 1.29 is 9.59 Å². The second-order valence-corrected chi connectivity index (χ2v) is 5.91. The summed E-state index contributed by atoms with van der Waals surface area (Å²) in [6, 6.07) is 17.5. The van der Waals surface area contributed by atoms with E-state index in [1.807, 2.05) is 73.7 Å². The maximum atomic E-state index is 12.8. The summed E-state index contributed by atoms with van der Waals surface area (Å²) in [6.45, 7) is 2.73. The summed E-state index contributed by atoms with van der Waals surface area (Å²) < 4.78 is 0. The summed E-state index contributed by atoms with van der Waals surface area (Å²) in [4.78, 5) is 27.5. The fraction of sp³-hybridized carbons (Fsp3) is 0.200. The van der Waals surface area contributed by atoms with Gasteiger partial charge in [0, 0.05) is 13.1 Å². The minimum absolute atomic E-state index is 0.0320.